The number of aryl methyl sites for hydroxylation is 1. The van der Waals surface area contributed by atoms with Gasteiger partial charge in [0.25, 0.3) is 5.91 Å². The van der Waals surface area contributed by atoms with E-state index < -0.39 is 0 Å². The van der Waals surface area contributed by atoms with Gasteiger partial charge < -0.3 is 10.6 Å². The quantitative estimate of drug-likeness (QED) is 0.673. The lowest BCUT2D eigenvalue weighted by atomic mass is 10.1. The highest BCUT2D eigenvalue weighted by atomic mass is 19.1. The molecule has 2 N–H and O–H groups in total. The molecule has 1 amide bonds. The van der Waals surface area contributed by atoms with Crippen molar-refractivity contribution in [3.05, 3.63) is 83.2 Å². The summed E-state index contributed by atoms with van der Waals surface area (Å²) in [6.45, 7) is 2.71. The van der Waals surface area contributed by atoms with Crippen LogP contribution in [-0.2, 0) is 13.0 Å². The number of nitrogens with zero attached hydrogens (tertiary/aromatic N) is 3. The summed E-state index contributed by atoms with van der Waals surface area (Å²) in [6, 6.07) is 13.5. The molecule has 6 nitrogen and oxygen atoms in total. The van der Waals surface area contributed by atoms with E-state index >= 15 is 0 Å². The van der Waals surface area contributed by atoms with E-state index in [4.69, 9.17) is 0 Å². The van der Waals surface area contributed by atoms with Gasteiger partial charge in [-0.3, -0.25) is 9.78 Å². The maximum absolute atomic E-state index is 12.9. The number of amides is 1. The van der Waals surface area contributed by atoms with Crippen LogP contribution in [0, 0.1) is 12.7 Å². The Hall–Kier alpha value is -3.35. The largest absolute Gasteiger partial charge is 0.350 e. The Morgan fingerprint density at radius 1 is 1.11 bits per heavy atom. The first kappa shape index (κ1) is 18.4. The standard InChI is InChI=1S/C20H20FN5O/c1-14-12-18(19(27)23-11-9-15-5-7-16(21)8-6-15)26-20(25-14)24-13-17-4-2-3-10-22-17/h2-8,10,12H,9,11,13H2,1H3,(H,23,27)(H,24,25,26). The number of hydrogen-bond donors (Lipinski definition) is 2. The molecule has 7 heteroatoms. The molecule has 2 heterocycles. The molecule has 0 saturated carbocycles. The number of pyridine rings is 1. The lowest BCUT2D eigenvalue weighted by Crippen LogP contribution is -2.27. The van der Waals surface area contributed by atoms with Gasteiger partial charge in [-0.1, -0.05) is 18.2 Å². The number of halogens is 1. The molecule has 0 saturated heterocycles. The molecule has 0 aliphatic heterocycles. The summed E-state index contributed by atoms with van der Waals surface area (Å²) >= 11 is 0. The molecule has 0 fully saturated rings. The van der Waals surface area contributed by atoms with Gasteiger partial charge in [-0.25, -0.2) is 14.4 Å². The second kappa shape index (κ2) is 8.84. The van der Waals surface area contributed by atoms with Crippen LogP contribution in [0.5, 0.6) is 0 Å². The van der Waals surface area contributed by atoms with Gasteiger partial charge in [0.05, 0.1) is 12.2 Å². The van der Waals surface area contributed by atoms with E-state index in [9.17, 15) is 9.18 Å². The molecule has 0 aliphatic rings. The van der Waals surface area contributed by atoms with Crippen molar-refractivity contribution in [2.45, 2.75) is 19.9 Å². The molecule has 0 atom stereocenters. The Bertz CT molecular complexity index is 900. The Morgan fingerprint density at radius 2 is 1.93 bits per heavy atom. The Labute approximate surface area is 156 Å². The zero-order valence-electron chi connectivity index (χ0n) is 14.9. The number of anilines is 1. The van der Waals surface area contributed by atoms with Crippen molar-refractivity contribution in [2.24, 2.45) is 0 Å². The van der Waals surface area contributed by atoms with Gasteiger partial charge in [-0.15, -0.1) is 0 Å². The highest BCUT2D eigenvalue weighted by Crippen LogP contribution is 2.07. The molecule has 0 radical (unpaired) electrons. The molecule has 2 aromatic heterocycles. The third-order valence-electron chi connectivity index (χ3n) is 3.85. The minimum absolute atomic E-state index is 0.273. The van der Waals surface area contributed by atoms with Crippen LogP contribution in [0.4, 0.5) is 10.3 Å². The first-order valence-electron chi connectivity index (χ1n) is 8.62. The number of rotatable bonds is 7. The third-order valence-corrected chi connectivity index (χ3v) is 3.85. The molecule has 0 aliphatic carbocycles. The van der Waals surface area contributed by atoms with Gasteiger partial charge in [0.2, 0.25) is 5.95 Å². The van der Waals surface area contributed by atoms with Crippen molar-refractivity contribution in [1.29, 1.82) is 0 Å². The monoisotopic (exact) mass is 365 g/mol. The van der Waals surface area contributed by atoms with Gasteiger partial charge in [-0.05, 0) is 49.2 Å². The molecule has 1 aromatic carbocycles. The Kier molecular flexibility index (Phi) is 6.04. The number of carbonyl (C=O) groups is 1. The van der Waals surface area contributed by atoms with Gasteiger partial charge in [-0.2, -0.15) is 0 Å². The maximum atomic E-state index is 12.9. The summed E-state index contributed by atoms with van der Waals surface area (Å²) in [5.74, 6) is -0.169. The van der Waals surface area contributed by atoms with E-state index in [0.717, 1.165) is 11.3 Å². The number of aromatic nitrogens is 3. The fourth-order valence-corrected chi connectivity index (χ4v) is 2.50. The molecule has 0 spiro atoms. The second-order valence-electron chi connectivity index (χ2n) is 6.03. The van der Waals surface area contributed by atoms with Crippen molar-refractivity contribution in [3.8, 4) is 0 Å². The minimum Gasteiger partial charge on any atom is -0.350 e. The van der Waals surface area contributed by atoms with Gasteiger partial charge >= 0.3 is 0 Å². The molecule has 138 valence electrons. The van der Waals surface area contributed by atoms with Crippen molar-refractivity contribution in [3.63, 3.8) is 0 Å². The highest BCUT2D eigenvalue weighted by Gasteiger charge is 2.10. The van der Waals surface area contributed by atoms with Crippen LogP contribution in [-0.4, -0.2) is 27.4 Å². The average Bonchev–Trinajstić information content (AvgIpc) is 2.68. The summed E-state index contributed by atoms with van der Waals surface area (Å²) in [4.78, 5) is 25.2. The lowest BCUT2D eigenvalue weighted by molar-refractivity contribution is 0.0949. The van der Waals surface area contributed by atoms with Crippen LogP contribution in [0.2, 0.25) is 0 Å². The van der Waals surface area contributed by atoms with E-state index in [2.05, 4.69) is 25.6 Å². The maximum Gasteiger partial charge on any atom is 0.270 e. The van der Waals surface area contributed by atoms with Crippen molar-refractivity contribution in [1.82, 2.24) is 20.3 Å². The summed E-state index contributed by atoms with van der Waals surface area (Å²) < 4.78 is 12.9. The molecular weight excluding hydrogens is 345 g/mol. The van der Waals surface area contributed by atoms with Crippen molar-refractivity contribution in [2.75, 3.05) is 11.9 Å². The van der Waals surface area contributed by atoms with Gasteiger partial charge in [0, 0.05) is 18.4 Å². The molecule has 0 unspecified atom stereocenters. The number of benzene rings is 1. The van der Waals surface area contributed by atoms with Gasteiger partial charge in [0.15, 0.2) is 0 Å². The molecule has 27 heavy (non-hydrogen) atoms. The van der Waals surface area contributed by atoms with Crippen LogP contribution in [0.1, 0.15) is 27.4 Å². The lowest BCUT2D eigenvalue weighted by Gasteiger charge is -2.09. The van der Waals surface area contributed by atoms with Crippen LogP contribution >= 0.6 is 0 Å². The predicted octanol–water partition coefficient (Wildman–Crippen LogP) is 2.90. The second-order valence-corrected chi connectivity index (χ2v) is 6.03. The fourth-order valence-electron chi connectivity index (χ4n) is 2.50. The van der Waals surface area contributed by atoms with Crippen LogP contribution in [0.15, 0.2) is 54.7 Å². The number of hydrogen-bond acceptors (Lipinski definition) is 5. The van der Waals surface area contributed by atoms with E-state index in [1.807, 2.05) is 25.1 Å². The third kappa shape index (κ3) is 5.57. The van der Waals surface area contributed by atoms with Crippen molar-refractivity contribution >= 4 is 11.9 Å². The smallest absolute Gasteiger partial charge is 0.270 e. The summed E-state index contributed by atoms with van der Waals surface area (Å²) in [5.41, 5.74) is 2.79. The van der Waals surface area contributed by atoms with E-state index in [0.29, 0.717) is 36.8 Å². The molecule has 0 bridgehead atoms. The van der Waals surface area contributed by atoms with Gasteiger partial charge in [0.1, 0.15) is 11.5 Å². The SMILES string of the molecule is Cc1cc(C(=O)NCCc2ccc(F)cc2)nc(NCc2ccccn2)n1. The number of carbonyl (C=O) groups excluding carboxylic acids is 1. The van der Waals surface area contributed by atoms with Crippen LogP contribution in [0.3, 0.4) is 0 Å². The summed E-state index contributed by atoms with van der Waals surface area (Å²) in [7, 11) is 0. The number of nitrogens with one attached hydrogen (secondary N) is 2. The first-order valence-corrected chi connectivity index (χ1v) is 8.62. The summed E-state index contributed by atoms with van der Waals surface area (Å²) in [6.07, 6.45) is 2.33. The minimum atomic E-state index is -0.275. The molecule has 3 aromatic rings. The Balaban J connectivity index is 1.57. The highest BCUT2D eigenvalue weighted by molar-refractivity contribution is 5.92. The fraction of sp³-hybridized carbons (Fsp3) is 0.200. The van der Waals surface area contributed by atoms with E-state index in [1.54, 1.807) is 24.4 Å². The van der Waals surface area contributed by atoms with Crippen molar-refractivity contribution < 1.29 is 9.18 Å². The molecular formula is C20H20FN5O. The van der Waals surface area contributed by atoms with Crippen LogP contribution < -0.4 is 10.6 Å². The van der Waals surface area contributed by atoms with E-state index in [-0.39, 0.29) is 11.7 Å². The molecule has 3 rings (SSSR count). The average molecular weight is 365 g/mol. The normalized spacial score (nSPS) is 10.4. The first-order chi connectivity index (χ1) is 13.1. The van der Waals surface area contributed by atoms with Crippen LogP contribution in [0.25, 0.3) is 0 Å². The predicted molar refractivity (Wildman–Crippen MR) is 101 cm³/mol. The zero-order chi connectivity index (χ0) is 19.1. The zero-order valence-corrected chi connectivity index (χ0v) is 14.9. The van der Waals surface area contributed by atoms with E-state index in [1.165, 1.54) is 12.1 Å². The summed E-state index contributed by atoms with van der Waals surface area (Å²) in [5, 5.41) is 5.91. The topological polar surface area (TPSA) is 79.8 Å². The Morgan fingerprint density at radius 3 is 2.67 bits per heavy atom.